The zero-order valence-corrected chi connectivity index (χ0v) is 17.5. The largest absolute Gasteiger partial charge is 0.296 e. The molecule has 4 aromatic rings. The highest BCUT2D eigenvalue weighted by Gasteiger charge is 2.19. The maximum absolute atomic E-state index is 13.5. The average molecular weight is 440 g/mol. The number of aromatic nitrogens is 3. The summed E-state index contributed by atoms with van der Waals surface area (Å²) in [6.45, 7) is 4.29. The molecular weight excluding hydrogens is 422 g/mol. The normalized spacial score (nSPS) is 11.3. The Labute approximate surface area is 180 Å². The summed E-state index contributed by atoms with van der Waals surface area (Å²) in [6.07, 6.45) is 0. The molecule has 1 N–H and O–H groups in total. The number of halogens is 2. The molecule has 31 heavy (non-hydrogen) atoms. The van der Waals surface area contributed by atoms with E-state index >= 15 is 0 Å². The first-order valence-corrected chi connectivity index (χ1v) is 10.4. The second-order valence-electron chi connectivity index (χ2n) is 7.40. The number of benzene rings is 2. The molecule has 0 saturated carbocycles. The van der Waals surface area contributed by atoms with Crippen LogP contribution in [-0.2, 0) is 6.54 Å². The first-order chi connectivity index (χ1) is 14.8. The van der Waals surface area contributed by atoms with Crippen LogP contribution in [0.25, 0.3) is 22.0 Å². The van der Waals surface area contributed by atoms with E-state index in [-0.39, 0.29) is 22.3 Å². The van der Waals surface area contributed by atoms with E-state index in [0.29, 0.717) is 28.6 Å². The van der Waals surface area contributed by atoms with Crippen molar-refractivity contribution < 1.29 is 13.6 Å². The molecule has 0 radical (unpaired) electrons. The summed E-state index contributed by atoms with van der Waals surface area (Å²) in [4.78, 5) is 30.0. The Hall–Kier alpha value is -3.46. The van der Waals surface area contributed by atoms with Crippen LogP contribution in [0.2, 0.25) is 0 Å². The van der Waals surface area contributed by atoms with Crippen LogP contribution in [-0.4, -0.2) is 20.7 Å². The van der Waals surface area contributed by atoms with E-state index in [1.807, 2.05) is 13.8 Å². The SMILES string of the molecule is CC(C)Cn1nc(C(=O)Nc2nc(-c3ccc(F)c(F)c3)cs2)c2ccccc2c1=O. The second-order valence-corrected chi connectivity index (χ2v) is 8.25. The van der Waals surface area contributed by atoms with E-state index in [9.17, 15) is 18.4 Å². The van der Waals surface area contributed by atoms with Gasteiger partial charge in [-0.05, 0) is 30.2 Å². The van der Waals surface area contributed by atoms with E-state index in [0.717, 1.165) is 23.5 Å². The number of anilines is 1. The zero-order valence-electron chi connectivity index (χ0n) is 16.7. The Morgan fingerprint density at radius 1 is 1.13 bits per heavy atom. The molecule has 0 unspecified atom stereocenters. The lowest BCUT2D eigenvalue weighted by molar-refractivity contribution is 0.102. The summed E-state index contributed by atoms with van der Waals surface area (Å²) >= 11 is 1.15. The Balaban J connectivity index is 1.67. The van der Waals surface area contributed by atoms with Crippen molar-refractivity contribution in [2.75, 3.05) is 5.32 Å². The average Bonchev–Trinajstić information content (AvgIpc) is 3.20. The van der Waals surface area contributed by atoms with Crippen molar-refractivity contribution in [3.63, 3.8) is 0 Å². The lowest BCUT2D eigenvalue weighted by Gasteiger charge is -2.12. The summed E-state index contributed by atoms with van der Waals surface area (Å²) in [6, 6.07) is 10.3. The maximum atomic E-state index is 13.5. The Bertz CT molecular complexity index is 1350. The fraction of sp³-hybridized carbons (Fsp3) is 0.182. The Morgan fingerprint density at radius 3 is 2.58 bits per heavy atom. The molecule has 2 aromatic heterocycles. The number of hydrogen-bond acceptors (Lipinski definition) is 5. The van der Waals surface area contributed by atoms with Crippen molar-refractivity contribution in [2.45, 2.75) is 20.4 Å². The summed E-state index contributed by atoms with van der Waals surface area (Å²) in [5.74, 6) is -2.26. The van der Waals surface area contributed by atoms with Crippen LogP contribution in [0.4, 0.5) is 13.9 Å². The molecule has 2 aromatic carbocycles. The summed E-state index contributed by atoms with van der Waals surface area (Å²) in [5, 5.41) is 9.75. The minimum Gasteiger partial charge on any atom is -0.296 e. The van der Waals surface area contributed by atoms with Gasteiger partial charge < -0.3 is 0 Å². The van der Waals surface area contributed by atoms with Crippen LogP contribution in [0.15, 0.2) is 52.6 Å². The fourth-order valence-electron chi connectivity index (χ4n) is 3.15. The number of amides is 1. The topological polar surface area (TPSA) is 76.9 Å². The third-order valence-electron chi connectivity index (χ3n) is 4.56. The lowest BCUT2D eigenvalue weighted by Crippen LogP contribution is -2.29. The Morgan fingerprint density at radius 2 is 1.87 bits per heavy atom. The predicted octanol–water partition coefficient (Wildman–Crippen LogP) is 4.71. The van der Waals surface area contributed by atoms with E-state index in [1.165, 1.54) is 10.7 Å². The van der Waals surface area contributed by atoms with Gasteiger partial charge in [0.2, 0.25) is 0 Å². The number of thiazole rings is 1. The van der Waals surface area contributed by atoms with Crippen molar-refractivity contribution in [1.82, 2.24) is 14.8 Å². The summed E-state index contributed by atoms with van der Waals surface area (Å²) < 4.78 is 28.0. The number of hydrogen-bond donors (Lipinski definition) is 1. The zero-order chi connectivity index (χ0) is 22.1. The maximum Gasteiger partial charge on any atom is 0.278 e. The number of fused-ring (bicyclic) bond motifs is 1. The van der Waals surface area contributed by atoms with Gasteiger partial charge in [-0.1, -0.05) is 32.0 Å². The van der Waals surface area contributed by atoms with Crippen LogP contribution in [0, 0.1) is 17.6 Å². The highest BCUT2D eigenvalue weighted by molar-refractivity contribution is 7.14. The van der Waals surface area contributed by atoms with Crippen molar-refractivity contribution >= 4 is 33.1 Å². The molecule has 0 spiro atoms. The number of rotatable bonds is 5. The van der Waals surface area contributed by atoms with Crippen molar-refractivity contribution in [1.29, 1.82) is 0 Å². The molecule has 0 aliphatic heterocycles. The Kier molecular flexibility index (Phi) is 5.60. The minimum atomic E-state index is -0.973. The molecule has 0 atom stereocenters. The van der Waals surface area contributed by atoms with Crippen LogP contribution in [0.5, 0.6) is 0 Å². The predicted molar refractivity (Wildman–Crippen MR) is 116 cm³/mol. The van der Waals surface area contributed by atoms with Crippen molar-refractivity contribution in [2.24, 2.45) is 5.92 Å². The van der Waals surface area contributed by atoms with Gasteiger partial charge >= 0.3 is 0 Å². The molecule has 158 valence electrons. The lowest BCUT2D eigenvalue weighted by atomic mass is 10.1. The molecule has 0 aliphatic rings. The summed E-state index contributed by atoms with van der Waals surface area (Å²) in [7, 11) is 0. The van der Waals surface area contributed by atoms with Gasteiger partial charge in [0.15, 0.2) is 22.5 Å². The van der Waals surface area contributed by atoms with Gasteiger partial charge in [0, 0.05) is 22.9 Å². The molecule has 0 fully saturated rings. The summed E-state index contributed by atoms with van der Waals surface area (Å²) in [5.41, 5.74) is 0.655. The van der Waals surface area contributed by atoms with Gasteiger partial charge in [0.1, 0.15) is 0 Å². The van der Waals surface area contributed by atoms with Gasteiger partial charge in [0.25, 0.3) is 11.5 Å². The van der Waals surface area contributed by atoms with Crippen LogP contribution in [0.1, 0.15) is 24.3 Å². The molecule has 0 aliphatic carbocycles. The van der Waals surface area contributed by atoms with Crippen molar-refractivity contribution in [3.8, 4) is 11.3 Å². The molecule has 4 rings (SSSR count). The number of carbonyl (C=O) groups is 1. The third-order valence-corrected chi connectivity index (χ3v) is 5.32. The van der Waals surface area contributed by atoms with Crippen LogP contribution < -0.4 is 10.9 Å². The smallest absolute Gasteiger partial charge is 0.278 e. The van der Waals surface area contributed by atoms with Gasteiger partial charge in [-0.3, -0.25) is 14.9 Å². The van der Waals surface area contributed by atoms with Gasteiger partial charge in [-0.25, -0.2) is 18.4 Å². The van der Waals surface area contributed by atoms with E-state index < -0.39 is 17.5 Å². The van der Waals surface area contributed by atoms with Gasteiger partial charge in [-0.2, -0.15) is 5.10 Å². The third kappa shape index (κ3) is 4.22. The minimum absolute atomic E-state index is 0.112. The number of nitrogens with one attached hydrogen (secondary N) is 1. The highest BCUT2D eigenvalue weighted by Crippen LogP contribution is 2.26. The molecule has 0 bridgehead atoms. The first-order valence-electron chi connectivity index (χ1n) is 9.55. The van der Waals surface area contributed by atoms with Crippen LogP contribution >= 0.6 is 11.3 Å². The van der Waals surface area contributed by atoms with E-state index in [2.05, 4.69) is 15.4 Å². The number of nitrogens with zero attached hydrogens (tertiary/aromatic N) is 3. The molecule has 9 heteroatoms. The first kappa shape index (κ1) is 20.8. The molecule has 1 amide bonds. The standard InChI is InChI=1S/C22H18F2N4O2S/c1-12(2)10-28-21(30)15-6-4-3-5-14(15)19(27-28)20(29)26-22-25-18(11-31-22)13-7-8-16(23)17(24)9-13/h3-9,11-12H,10H2,1-2H3,(H,25,26,29). The van der Waals surface area contributed by atoms with E-state index in [1.54, 1.807) is 29.6 Å². The quantitative estimate of drug-likeness (QED) is 0.488. The fourth-order valence-corrected chi connectivity index (χ4v) is 3.86. The highest BCUT2D eigenvalue weighted by atomic mass is 32.1. The monoisotopic (exact) mass is 440 g/mol. The van der Waals surface area contributed by atoms with Crippen molar-refractivity contribution in [3.05, 3.63) is 75.5 Å². The number of carbonyl (C=O) groups excluding carboxylic acids is 1. The van der Waals surface area contributed by atoms with Gasteiger partial charge in [-0.15, -0.1) is 11.3 Å². The van der Waals surface area contributed by atoms with E-state index in [4.69, 9.17) is 0 Å². The van der Waals surface area contributed by atoms with Gasteiger partial charge in [0.05, 0.1) is 11.1 Å². The van der Waals surface area contributed by atoms with Crippen LogP contribution in [0.3, 0.4) is 0 Å². The molecule has 6 nitrogen and oxygen atoms in total. The molecule has 0 saturated heterocycles. The molecular formula is C22H18F2N4O2S. The molecule has 2 heterocycles. The second kappa shape index (κ2) is 8.35.